The molecule has 2 aliphatic rings. The minimum atomic E-state index is -5.10. The summed E-state index contributed by atoms with van der Waals surface area (Å²) in [6.45, 7) is 5.98. The van der Waals surface area contributed by atoms with Gasteiger partial charge < -0.3 is 14.4 Å². The van der Waals surface area contributed by atoms with E-state index in [-0.39, 0.29) is 24.1 Å². The average molecular weight is 713 g/mol. The van der Waals surface area contributed by atoms with Gasteiger partial charge in [-0.1, -0.05) is 32.3 Å². The lowest BCUT2D eigenvalue weighted by molar-refractivity contribution is -0.145. The standard InChI is InChI=1S/C24H23F9N2O2.C10H18O2/c1-4-34(3)11-14-5-6-17(22(25,26)27)9-16(14)12-35-13(2)20(37-21(35)36)15-7-18(23(28,29)30)10-19(8-15)24(31,32)33;1-2-12-10(11)8-9-6-4-3-5-7-9/h5-10,13,20H,4,11-12H2,1-3H3;9H,2-8H2,1H3. The highest BCUT2D eigenvalue weighted by Crippen LogP contribution is 2.41. The molecule has 6 nitrogen and oxygen atoms in total. The summed E-state index contributed by atoms with van der Waals surface area (Å²) >= 11 is 0. The number of benzene rings is 2. The first kappa shape index (κ1) is 39.9. The molecule has 49 heavy (non-hydrogen) atoms. The first-order valence-corrected chi connectivity index (χ1v) is 16.0. The molecular formula is C34H41F9N2O4. The Hall–Kier alpha value is -3.49. The lowest BCUT2D eigenvalue weighted by atomic mass is 9.87. The van der Waals surface area contributed by atoms with Crippen molar-refractivity contribution in [3.05, 3.63) is 69.8 Å². The van der Waals surface area contributed by atoms with Crippen LogP contribution in [0.5, 0.6) is 0 Å². The van der Waals surface area contributed by atoms with E-state index in [9.17, 15) is 49.1 Å². The van der Waals surface area contributed by atoms with Crippen LogP contribution in [0.25, 0.3) is 0 Å². The molecule has 1 aliphatic carbocycles. The maximum absolute atomic E-state index is 13.3. The number of carbonyl (C=O) groups is 2. The van der Waals surface area contributed by atoms with E-state index in [1.54, 1.807) is 7.05 Å². The Morgan fingerprint density at radius 2 is 1.43 bits per heavy atom. The number of alkyl halides is 9. The Morgan fingerprint density at radius 1 is 0.857 bits per heavy atom. The molecule has 0 N–H and O–H groups in total. The zero-order valence-electron chi connectivity index (χ0n) is 27.7. The van der Waals surface area contributed by atoms with Crippen LogP contribution in [-0.2, 0) is 45.9 Å². The second-order valence-electron chi connectivity index (χ2n) is 12.3. The molecule has 4 rings (SSSR count). The third kappa shape index (κ3) is 11.3. The number of cyclic esters (lactones) is 1. The fourth-order valence-electron chi connectivity index (χ4n) is 5.84. The van der Waals surface area contributed by atoms with Crippen LogP contribution in [0.4, 0.5) is 44.3 Å². The molecule has 2 aromatic carbocycles. The molecule has 0 spiro atoms. The lowest BCUT2D eigenvalue weighted by Crippen LogP contribution is -2.32. The maximum Gasteiger partial charge on any atom is 0.416 e. The molecular weight excluding hydrogens is 671 g/mol. The van der Waals surface area contributed by atoms with E-state index in [2.05, 4.69) is 0 Å². The number of amides is 1. The van der Waals surface area contributed by atoms with Crippen molar-refractivity contribution in [3.8, 4) is 0 Å². The minimum Gasteiger partial charge on any atom is -0.466 e. The van der Waals surface area contributed by atoms with Crippen LogP contribution in [0.3, 0.4) is 0 Å². The number of halogens is 9. The van der Waals surface area contributed by atoms with Crippen molar-refractivity contribution in [2.45, 2.75) is 103 Å². The van der Waals surface area contributed by atoms with Crippen molar-refractivity contribution in [2.24, 2.45) is 5.92 Å². The fourth-order valence-corrected chi connectivity index (χ4v) is 5.84. The van der Waals surface area contributed by atoms with Gasteiger partial charge in [0.2, 0.25) is 0 Å². The van der Waals surface area contributed by atoms with E-state index in [1.165, 1.54) is 45.1 Å². The van der Waals surface area contributed by atoms with Crippen LogP contribution in [0, 0.1) is 5.92 Å². The van der Waals surface area contributed by atoms with E-state index in [1.807, 2.05) is 18.7 Å². The zero-order valence-corrected chi connectivity index (χ0v) is 27.7. The first-order chi connectivity index (χ1) is 22.7. The summed E-state index contributed by atoms with van der Waals surface area (Å²) in [5.41, 5.74) is -4.03. The third-order valence-corrected chi connectivity index (χ3v) is 8.67. The molecule has 15 heteroatoms. The monoisotopic (exact) mass is 712 g/mol. The molecule has 2 aromatic rings. The molecule has 1 saturated heterocycles. The number of carbonyl (C=O) groups excluding carboxylic acids is 2. The molecule has 274 valence electrons. The van der Waals surface area contributed by atoms with Crippen LogP contribution in [-0.4, -0.2) is 48.1 Å². The van der Waals surface area contributed by atoms with Gasteiger partial charge >= 0.3 is 30.6 Å². The topological polar surface area (TPSA) is 59.1 Å². The Balaban J connectivity index is 0.000000456. The summed E-state index contributed by atoms with van der Waals surface area (Å²) in [5, 5.41) is 0. The van der Waals surface area contributed by atoms with Gasteiger partial charge in [-0.25, -0.2) is 4.79 Å². The average Bonchev–Trinajstić information content (AvgIpc) is 3.29. The number of ether oxygens (including phenoxy) is 2. The number of nitrogens with zero attached hydrogens (tertiary/aromatic N) is 2. The summed E-state index contributed by atoms with van der Waals surface area (Å²) in [6, 6.07) is 2.87. The Labute approximate surface area is 279 Å². The quantitative estimate of drug-likeness (QED) is 0.192. The van der Waals surface area contributed by atoms with Crippen molar-refractivity contribution in [3.63, 3.8) is 0 Å². The third-order valence-electron chi connectivity index (χ3n) is 8.67. The molecule has 0 bridgehead atoms. The van der Waals surface area contributed by atoms with Gasteiger partial charge in [0.1, 0.15) is 6.10 Å². The summed E-state index contributed by atoms with van der Waals surface area (Å²) < 4.78 is 130. The Bertz CT molecular complexity index is 1390. The van der Waals surface area contributed by atoms with Crippen LogP contribution in [0.1, 0.15) is 98.8 Å². The molecule has 1 saturated carbocycles. The fraction of sp³-hybridized carbons (Fsp3) is 0.588. The van der Waals surface area contributed by atoms with Gasteiger partial charge in [0.15, 0.2) is 0 Å². The largest absolute Gasteiger partial charge is 0.466 e. The van der Waals surface area contributed by atoms with Crippen molar-refractivity contribution in [2.75, 3.05) is 20.2 Å². The number of hydrogen-bond donors (Lipinski definition) is 0. The zero-order chi connectivity index (χ0) is 36.7. The van der Waals surface area contributed by atoms with E-state index < -0.39 is 65.6 Å². The van der Waals surface area contributed by atoms with E-state index in [4.69, 9.17) is 9.47 Å². The van der Waals surface area contributed by atoms with E-state index in [0.717, 1.165) is 17.0 Å². The van der Waals surface area contributed by atoms with Gasteiger partial charge in [0, 0.05) is 19.5 Å². The highest BCUT2D eigenvalue weighted by Gasteiger charge is 2.43. The van der Waals surface area contributed by atoms with Gasteiger partial charge in [-0.2, -0.15) is 39.5 Å². The Morgan fingerprint density at radius 3 is 1.94 bits per heavy atom. The highest BCUT2D eigenvalue weighted by atomic mass is 19.4. The van der Waals surface area contributed by atoms with Gasteiger partial charge in [-0.05, 0) is 93.2 Å². The van der Waals surface area contributed by atoms with E-state index in [0.29, 0.717) is 43.2 Å². The van der Waals surface area contributed by atoms with Crippen LogP contribution < -0.4 is 0 Å². The summed E-state index contributed by atoms with van der Waals surface area (Å²) in [7, 11) is 1.73. The number of hydrogen-bond acceptors (Lipinski definition) is 5. The molecule has 1 amide bonds. The number of esters is 1. The molecule has 2 unspecified atom stereocenters. The molecule has 1 heterocycles. The van der Waals surface area contributed by atoms with Crippen LogP contribution in [0.2, 0.25) is 0 Å². The van der Waals surface area contributed by atoms with E-state index >= 15 is 0 Å². The molecule has 1 aliphatic heterocycles. The van der Waals surface area contributed by atoms with Gasteiger partial charge in [0.05, 0.1) is 29.3 Å². The molecule has 2 atom stereocenters. The van der Waals surface area contributed by atoms with Gasteiger partial charge in [0.25, 0.3) is 0 Å². The molecule has 0 radical (unpaired) electrons. The second-order valence-corrected chi connectivity index (χ2v) is 12.3. The lowest BCUT2D eigenvalue weighted by Gasteiger charge is -2.25. The smallest absolute Gasteiger partial charge is 0.416 e. The second kappa shape index (κ2) is 16.5. The van der Waals surface area contributed by atoms with Crippen LogP contribution in [0.15, 0.2) is 36.4 Å². The predicted molar refractivity (Wildman–Crippen MR) is 162 cm³/mol. The van der Waals surface area contributed by atoms with Crippen molar-refractivity contribution in [1.29, 1.82) is 0 Å². The molecule has 0 aromatic heterocycles. The van der Waals surface area contributed by atoms with Crippen LogP contribution >= 0.6 is 0 Å². The van der Waals surface area contributed by atoms with Crippen molar-refractivity contribution >= 4 is 12.1 Å². The minimum absolute atomic E-state index is 0.00981. The summed E-state index contributed by atoms with van der Waals surface area (Å²) in [4.78, 5) is 26.5. The SMILES string of the molecule is CCN(C)Cc1ccc(C(F)(F)F)cc1CN1C(=O)OC(c2cc(C(F)(F)F)cc(C(F)(F)F)c2)C1C.CCOC(=O)CC1CCCCC1. The first-order valence-electron chi connectivity index (χ1n) is 16.0. The van der Waals surface area contributed by atoms with Crippen molar-refractivity contribution in [1.82, 2.24) is 9.80 Å². The van der Waals surface area contributed by atoms with Gasteiger partial charge in [-0.3, -0.25) is 9.69 Å². The maximum atomic E-state index is 13.3. The summed E-state index contributed by atoms with van der Waals surface area (Å²) in [5.74, 6) is 0.599. The summed E-state index contributed by atoms with van der Waals surface area (Å²) in [6.07, 6.45) is -10.4. The predicted octanol–water partition coefficient (Wildman–Crippen LogP) is 9.80. The molecule has 2 fully saturated rings. The van der Waals surface area contributed by atoms with Crippen molar-refractivity contribution < 1.29 is 58.6 Å². The number of rotatable bonds is 9. The van der Waals surface area contributed by atoms with Gasteiger partial charge in [-0.15, -0.1) is 0 Å². The highest BCUT2D eigenvalue weighted by molar-refractivity contribution is 5.71. The normalized spacial score (nSPS) is 19.1. The Kier molecular flexibility index (Phi) is 13.4.